The van der Waals surface area contributed by atoms with E-state index in [1.165, 1.54) is 80.9 Å². The zero-order valence-electron chi connectivity index (χ0n) is 17.8. The molecule has 3 rings (SSSR count). The minimum absolute atomic E-state index is 0.157. The molecule has 1 heterocycles. The standard InChI is InChI=1S/C25H40O2/c1-4-6-11-20-17-26-25(27-18-20)23-15-14-22(19(3)10-5-2)16-24(23)21-12-8-7-9-13-21/h14-16,19-21,25H,4-13,17-18H2,1-3H3. The van der Waals surface area contributed by atoms with Crippen LogP contribution in [0.25, 0.3) is 0 Å². The first-order valence-electron chi connectivity index (χ1n) is 11.6. The van der Waals surface area contributed by atoms with Gasteiger partial charge in [-0.15, -0.1) is 0 Å². The van der Waals surface area contributed by atoms with Gasteiger partial charge in [0.1, 0.15) is 0 Å². The van der Waals surface area contributed by atoms with Crippen molar-refractivity contribution < 1.29 is 9.47 Å². The van der Waals surface area contributed by atoms with E-state index in [4.69, 9.17) is 9.47 Å². The molecule has 27 heavy (non-hydrogen) atoms. The van der Waals surface area contributed by atoms with Gasteiger partial charge in [-0.05, 0) is 48.6 Å². The molecule has 2 nitrogen and oxygen atoms in total. The normalized spacial score (nSPS) is 25.4. The molecule has 0 radical (unpaired) electrons. The molecular weight excluding hydrogens is 332 g/mol. The Hall–Kier alpha value is -0.860. The Morgan fingerprint density at radius 2 is 1.70 bits per heavy atom. The molecule has 1 saturated carbocycles. The molecule has 1 aliphatic heterocycles. The Bertz CT molecular complexity index is 553. The van der Waals surface area contributed by atoms with Gasteiger partial charge < -0.3 is 9.47 Å². The molecule has 2 aliphatic rings. The highest BCUT2D eigenvalue weighted by atomic mass is 16.7. The second-order valence-electron chi connectivity index (χ2n) is 8.92. The number of unbranched alkanes of at least 4 members (excludes halogenated alkanes) is 1. The van der Waals surface area contributed by atoms with Crippen LogP contribution in [0.3, 0.4) is 0 Å². The van der Waals surface area contributed by atoms with Crippen molar-refractivity contribution in [2.45, 2.75) is 103 Å². The molecule has 0 aromatic heterocycles. The lowest BCUT2D eigenvalue weighted by molar-refractivity contribution is -0.206. The van der Waals surface area contributed by atoms with Gasteiger partial charge in [-0.3, -0.25) is 0 Å². The van der Waals surface area contributed by atoms with Crippen LogP contribution in [0.4, 0.5) is 0 Å². The predicted octanol–water partition coefficient (Wildman–Crippen LogP) is 7.49. The van der Waals surface area contributed by atoms with Gasteiger partial charge in [0.05, 0.1) is 13.2 Å². The van der Waals surface area contributed by atoms with Crippen LogP contribution in [-0.4, -0.2) is 13.2 Å². The van der Waals surface area contributed by atoms with Gasteiger partial charge in [-0.1, -0.05) is 77.5 Å². The van der Waals surface area contributed by atoms with E-state index >= 15 is 0 Å². The van der Waals surface area contributed by atoms with Crippen LogP contribution in [0.15, 0.2) is 18.2 Å². The maximum atomic E-state index is 6.23. The lowest BCUT2D eigenvalue weighted by Crippen LogP contribution is -2.28. The summed E-state index contributed by atoms with van der Waals surface area (Å²) in [7, 11) is 0. The van der Waals surface area contributed by atoms with Crippen molar-refractivity contribution in [1.82, 2.24) is 0 Å². The lowest BCUT2D eigenvalue weighted by Gasteiger charge is -2.33. The molecule has 1 saturated heterocycles. The molecule has 0 N–H and O–H groups in total. The van der Waals surface area contributed by atoms with Gasteiger partial charge >= 0.3 is 0 Å². The largest absolute Gasteiger partial charge is 0.348 e. The van der Waals surface area contributed by atoms with Crippen LogP contribution in [0.1, 0.15) is 120 Å². The van der Waals surface area contributed by atoms with Gasteiger partial charge in [0, 0.05) is 11.5 Å². The quantitative estimate of drug-likeness (QED) is 0.470. The molecule has 1 aromatic rings. The molecule has 2 fully saturated rings. The van der Waals surface area contributed by atoms with E-state index in [9.17, 15) is 0 Å². The molecular formula is C25H40O2. The maximum absolute atomic E-state index is 6.23. The van der Waals surface area contributed by atoms with Gasteiger partial charge in [0.2, 0.25) is 0 Å². The highest BCUT2D eigenvalue weighted by Gasteiger charge is 2.28. The average molecular weight is 373 g/mol. The van der Waals surface area contributed by atoms with Crippen molar-refractivity contribution in [2.24, 2.45) is 5.92 Å². The zero-order chi connectivity index (χ0) is 19.1. The predicted molar refractivity (Wildman–Crippen MR) is 113 cm³/mol. The summed E-state index contributed by atoms with van der Waals surface area (Å²) in [6.45, 7) is 8.61. The fraction of sp³-hybridized carbons (Fsp3) is 0.760. The minimum Gasteiger partial charge on any atom is -0.348 e. The van der Waals surface area contributed by atoms with E-state index in [1.54, 1.807) is 0 Å². The van der Waals surface area contributed by atoms with Crippen molar-refractivity contribution in [3.63, 3.8) is 0 Å². The second-order valence-corrected chi connectivity index (χ2v) is 8.92. The zero-order valence-corrected chi connectivity index (χ0v) is 17.8. The highest BCUT2D eigenvalue weighted by molar-refractivity contribution is 5.37. The third kappa shape index (κ3) is 5.57. The average Bonchev–Trinajstić information content (AvgIpc) is 2.73. The van der Waals surface area contributed by atoms with Gasteiger partial charge in [0.25, 0.3) is 0 Å². The Labute approximate surface area is 167 Å². The monoisotopic (exact) mass is 372 g/mol. The van der Waals surface area contributed by atoms with Crippen LogP contribution in [0, 0.1) is 5.92 Å². The summed E-state index contributed by atoms with van der Waals surface area (Å²) in [6.07, 6.45) is 12.9. The highest BCUT2D eigenvalue weighted by Crippen LogP contribution is 2.40. The fourth-order valence-corrected chi connectivity index (χ4v) is 4.86. The van der Waals surface area contributed by atoms with Crippen molar-refractivity contribution in [1.29, 1.82) is 0 Å². The molecule has 1 unspecified atom stereocenters. The summed E-state index contributed by atoms with van der Waals surface area (Å²) in [5.74, 6) is 1.90. The van der Waals surface area contributed by atoms with E-state index < -0.39 is 0 Å². The molecule has 152 valence electrons. The van der Waals surface area contributed by atoms with Crippen LogP contribution in [-0.2, 0) is 9.47 Å². The first-order chi connectivity index (χ1) is 13.2. The summed E-state index contributed by atoms with van der Waals surface area (Å²) >= 11 is 0. The van der Waals surface area contributed by atoms with Crippen LogP contribution >= 0.6 is 0 Å². The number of hydrogen-bond acceptors (Lipinski definition) is 2. The molecule has 0 spiro atoms. The Morgan fingerprint density at radius 1 is 0.963 bits per heavy atom. The van der Waals surface area contributed by atoms with E-state index in [-0.39, 0.29) is 6.29 Å². The number of hydrogen-bond donors (Lipinski definition) is 0. The molecule has 2 heteroatoms. The second kappa shape index (κ2) is 10.6. The summed E-state index contributed by atoms with van der Waals surface area (Å²) in [4.78, 5) is 0. The van der Waals surface area contributed by atoms with Crippen molar-refractivity contribution in [3.8, 4) is 0 Å². The van der Waals surface area contributed by atoms with Gasteiger partial charge in [0.15, 0.2) is 6.29 Å². The Morgan fingerprint density at radius 3 is 2.37 bits per heavy atom. The number of benzene rings is 1. The first kappa shape index (κ1) is 20.9. The van der Waals surface area contributed by atoms with Crippen molar-refractivity contribution >= 4 is 0 Å². The molecule has 0 amide bonds. The minimum atomic E-state index is -0.157. The summed E-state index contributed by atoms with van der Waals surface area (Å²) in [5, 5.41) is 0. The van der Waals surface area contributed by atoms with Gasteiger partial charge in [-0.25, -0.2) is 0 Å². The summed E-state index contributed by atoms with van der Waals surface area (Å²) in [5.41, 5.74) is 4.33. The third-order valence-corrected chi connectivity index (χ3v) is 6.63. The number of rotatable bonds is 8. The third-order valence-electron chi connectivity index (χ3n) is 6.63. The van der Waals surface area contributed by atoms with E-state index in [1.807, 2.05) is 0 Å². The van der Waals surface area contributed by atoms with Crippen molar-refractivity contribution in [3.05, 3.63) is 34.9 Å². The summed E-state index contributed by atoms with van der Waals surface area (Å²) < 4.78 is 12.5. The molecule has 1 atom stereocenters. The van der Waals surface area contributed by atoms with E-state index in [0.29, 0.717) is 17.8 Å². The smallest absolute Gasteiger partial charge is 0.184 e. The lowest BCUT2D eigenvalue weighted by atomic mass is 9.80. The van der Waals surface area contributed by atoms with Crippen LogP contribution < -0.4 is 0 Å². The van der Waals surface area contributed by atoms with Gasteiger partial charge in [-0.2, -0.15) is 0 Å². The van der Waals surface area contributed by atoms with E-state index in [0.717, 1.165) is 13.2 Å². The van der Waals surface area contributed by atoms with Crippen LogP contribution in [0.2, 0.25) is 0 Å². The Kier molecular flexibility index (Phi) is 8.21. The fourth-order valence-electron chi connectivity index (χ4n) is 4.86. The molecule has 0 bridgehead atoms. The number of ether oxygens (including phenoxy) is 2. The molecule has 1 aliphatic carbocycles. The van der Waals surface area contributed by atoms with E-state index in [2.05, 4.69) is 39.0 Å². The molecule has 1 aromatic carbocycles. The van der Waals surface area contributed by atoms with Crippen LogP contribution in [0.5, 0.6) is 0 Å². The van der Waals surface area contributed by atoms with Crippen molar-refractivity contribution in [2.75, 3.05) is 13.2 Å². The topological polar surface area (TPSA) is 18.5 Å². The maximum Gasteiger partial charge on any atom is 0.184 e. The summed E-state index contributed by atoms with van der Waals surface area (Å²) in [6, 6.07) is 7.15. The SMILES string of the molecule is CCCCC1COC(c2ccc(C(C)CCC)cc2C2CCCCC2)OC1. The Balaban J connectivity index is 1.77. The first-order valence-corrected chi connectivity index (χ1v) is 11.6.